The van der Waals surface area contributed by atoms with Crippen molar-refractivity contribution in [3.63, 3.8) is 0 Å². The Morgan fingerprint density at radius 2 is 2.06 bits per heavy atom. The fourth-order valence-corrected chi connectivity index (χ4v) is 2.73. The van der Waals surface area contributed by atoms with Gasteiger partial charge in [0.25, 0.3) is 0 Å². The molecule has 0 heterocycles. The predicted octanol–water partition coefficient (Wildman–Crippen LogP) is 3.61. The van der Waals surface area contributed by atoms with Crippen LogP contribution in [0.15, 0.2) is 0 Å². The molecule has 0 aromatic rings. The molecule has 0 aliphatic heterocycles. The van der Waals surface area contributed by atoms with Crippen molar-refractivity contribution < 1.29 is 4.74 Å². The van der Waals surface area contributed by atoms with Gasteiger partial charge in [0.15, 0.2) is 0 Å². The predicted molar refractivity (Wildman–Crippen MR) is 74.3 cm³/mol. The molecule has 3 atom stereocenters. The van der Waals surface area contributed by atoms with Crippen molar-refractivity contribution in [1.29, 1.82) is 0 Å². The lowest BCUT2D eigenvalue weighted by atomic mass is 9.85. The Kier molecular flexibility index (Phi) is 7.14. The molecule has 0 amide bonds. The smallest absolute Gasteiger partial charge is 0.0730 e. The topological polar surface area (TPSA) is 21.3 Å². The zero-order valence-corrected chi connectivity index (χ0v) is 12.2. The van der Waals surface area contributed by atoms with Gasteiger partial charge in [-0.2, -0.15) is 0 Å². The van der Waals surface area contributed by atoms with Crippen LogP contribution in [0.4, 0.5) is 0 Å². The molecule has 0 aromatic heterocycles. The van der Waals surface area contributed by atoms with Crippen LogP contribution in [0.5, 0.6) is 0 Å². The van der Waals surface area contributed by atoms with Crippen LogP contribution < -0.4 is 5.32 Å². The Labute approximate surface area is 108 Å². The highest BCUT2D eigenvalue weighted by Gasteiger charge is 2.28. The van der Waals surface area contributed by atoms with Crippen molar-refractivity contribution in [1.82, 2.24) is 5.32 Å². The molecule has 0 saturated heterocycles. The number of rotatable bonds is 7. The fourth-order valence-electron chi connectivity index (χ4n) is 2.73. The van der Waals surface area contributed by atoms with Gasteiger partial charge in [0.05, 0.1) is 6.10 Å². The van der Waals surface area contributed by atoms with Gasteiger partial charge in [0.1, 0.15) is 0 Å². The first-order chi connectivity index (χ1) is 8.13. The first-order valence-corrected chi connectivity index (χ1v) is 7.48. The summed E-state index contributed by atoms with van der Waals surface area (Å²) in [5.74, 6) is 1.63. The molecule has 102 valence electrons. The highest BCUT2D eigenvalue weighted by Crippen LogP contribution is 2.26. The highest BCUT2D eigenvalue weighted by molar-refractivity contribution is 4.84. The Bertz CT molecular complexity index is 193. The van der Waals surface area contributed by atoms with Crippen molar-refractivity contribution in [3.05, 3.63) is 0 Å². The summed E-state index contributed by atoms with van der Waals surface area (Å²) in [7, 11) is 0. The molecule has 0 bridgehead atoms. The summed E-state index contributed by atoms with van der Waals surface area (Å²) in [5.41, 5.74) is 0. The molecule has 1 fully saturated rings. The number of hydrogen-bond donors (Lipinski definition) is 1. The summed E-state index contributed by atoms with van der Waals surface area (Å²) in [6.07, 6.45) is 6.81. The summed E-state index contributed by atoms with van der Waals surface area (Å²) in [4.78, 5) is 0. The number of hydrogen-bond acceptors (Lipinski definition) is 2. The van der Waals surface area contributed by atoms with E-state index in [9.17, 15) is 0 Å². The molecule has 1 N–H and O–H groups in total. The monoisotopic (exact) mass is 241 g/mol. The molecule has 3 unspecified atom stereocenters. The van der Waals surface area contributed by atoms with Crippen LogP contribution in [0, 0.1) is 11.8 Å². The largest absolute Gasteiger partial charge is 0.377 e. The van der Waals surface area contributed by atoms with Crippen LogP contribution in [0.3, 0.4) is 0 Å². The summed E-state index contributed by atoms with van der Waals surface area (Å²) in [6.45, 7) is 11.1. The zero-order valence-electron chi connectivity index (χ0n) is 12.2. The molecule has 0 aromatic carbocycles. The van der Waals surface area contributed by atoms with E-state index in [0.717, 1.165) is 25.0 Å². The normalized spacial score (nSPS) is 29.8. The van der Waals surface area contributed by atoms with E-state index in [1.54, 1.807) is 0 Å². The third kappa shape index (κ3) is 5.87. The molecule has 0 spiro atoms. The van der Waals surface area contributed by atoms with Crippen molar-refractivity contribution >= 4 is 0 Å². The summed E-state index contributed by atoms with van der Waals surface area (Å²) >= 11 is 0. The first kappa shape index (κ1) is 15.0. The molecule has 2 nitrogen and oxygen atoms in total. The summed E-state index contributed by atoms with van der Waals surface area (Å²) in [6, 6.07) is 0.593. The van der Waals surface area contributed by atoms with Gasteiger partial charge in [0.2, 0.25) is 0 Å². The minimum absolute atomic E-state index is 0.450. The lowest BCUT2D eigenvalue weighted by Crippen LogP contribution is -2.45. The third-order valence-corrected chi connectivity index (χ3v) is 3.78. The van der Waals surface area contributed by atoms with Crippen LogP contribution in [0.1, 0.15) is 59.8 Å². The molecular weight excluding hydrogens is 210 g/mol. The van der Waals surface area contributed by atoms with Gasteiger partial charge < -0.3 is 10.1 Å². The molecule has 17 heavy (non-hydrogen) atoms. The van der Waals surface area contributed by atoms with E-state index in [1.165, 1.54) is 32.1 Å². The fraction of sp³-hybridized carbons (Fsp3) is 1.00. The maximum Gasteiger partial charge on any atom is 0.0730 e. The Balaban J connectivity index is 2.25. The van der Waals surface area contributed by atoms with E-state index in [-0.39, 0.29) is 0 Å². The van der Waals surface area contributed by atoms with Gasteiger partial charge in [-0.25, -0.2) is 0 Å². The molecular formula is C15H31NO. The highest BCUT2D eigenvalue weighted by atomic mass is 16.5. The lowest BCUT2D eigenvalue weighted by Gasteiger charge is -2.35. The maximum atomic E-state index is 6.11. The number of nitrogens with one attached hydrogen (secondary N) is 1. The molecule has 1 saturated carbocycles. The van der Waals surface area contributed by atoms with Crippen LogP contribution in [0.25, 0.3) is 0 Å². The average molecular weight is 241 g/mol. The minimum Gasteiger partial charge on any atom is -0.377 e. The van der Waals surface area contributed by atoms with Crippen LogP contribution >= 0.6 is 0 Å². The van der Waals surface area contributed by atoms with Crippen molar-refractivity contribution in [2.75, 3.05) is 13.2 Å². The first-order valence-electron chi connectivity index (χ1n) is 7.48. The molecule has 1 aliphatic rings. The zero-order chi connectivity index (χ0) is 12.7. The van der Waals surface area contributed by atoms with E-state index < -0.39 is 0 Å². The van der Waals surface area contributed by atoms with E-state index >= 15 is 0 Å². The number of likely N-dealkylation sites (N-methyl/N-ethyl adjacent to an activating group) is 1. The van der Waals surface area contributed by atoms with Crippen molar-refractivity contribution in [2.24, 2.45) is 11.8 Å². The minimum atomic E-state index is 0.450. The van der Waals surface area contributed by atoms with E-state index in [2.05, 4.69) is 33.0 Å². The SMILES string of the molecule is CCNC1CCC(C)CC1OCCCC(C)C. The van der Waals surface area contributed by atoms with Crippen molar-refractivity contribution in [2.45, 2.75) is 71.9 Å². The van der Waals surface area contributed by atoms with E-state index in [0.29, 0.717) is 12.1 Å². The second-order valence-electron chi connectivity index (χ2n) is 6.03. The summed E-state index contributed by atoms with van der Waals surface area (Å²) in [5, 5.41) is 3.58. The van der Waals surface area contributed by atoms with Gasteiger partial charge in [0, 0.05) is 12.6 Å². The molecule has 1 aliphatic carbocycles. The third-order valence-electron chi connectivity index (χ3n) is 3.78. The van der Waals surface area contributed by atoms with Gasteiger partial charge in [-0.1, -0.05) is 27.7 Å². The molecule has 2 heteroatoms. The Morgan fingerprint density at radius 3 is 2.71 bits per heavy atom. The van der Waals surface area contributed by atoms with Gasteiger partial charge in [-0.15, -0.1) is 0 Å². The summed E-state index contributed by atoms with van der Waals surface area (Å²) < 4.78 is 6.11. The quantitative estimate of drug-likeness (QED) is 0.688. The number of ether oxygens (including phenoxy) is 1. The maximum absolute atomic E-state index is 6.11. The van der Waals surface area contributed by atoms with Gasteiger partial charge in [-0.3, -0.25) is 0 Å². The van der Waals surface area contributed by atoms with E-state index in [4.69, 9.17) is 4.74 Å². The average Bonchev–Trinajstić information content (AvgIpc) is 2.28. The lowest BCUT2D eigenvalue weighted by molar-refractivity contribution is -0.00931. The van der Waals surface area contributed by atoms with E-state index in [1.807, 2.05) is 0 Å². The Morgan fingerprint density at radius 1 is 1.29 bits per heavy atom. The van der Waals surface area contributed by atoms with Crippen LogP contribution in [-0.2, 0) is 4.74 Å². The molecule has 0 radical (unpaired) electrons. The van der Waals surface area contributed by atoms with Crippen molar-refractivity contribution in [3.8, 4) is 0 Å². The second kappa shape index (κ2) is 8.10. The van der Waals surface area contributed by atoms with Gasteiger partial charge >= 0.3 is 0 Å². The second-order valence-corrected chi connectivity index (χ2v) is 6.03. The van der Waals surface area contributed by atoms with Crippen LogP contribution in [0.2, 0.25) is 0 Å². The standard InChI is InChI=1S/C15H31NO/c1-5-16-14-9-8-13(4)11-15(14)17-10-6-7-12(2)3/h12-16H,5-11H2,1-4H3. The molecule has 1 rings (SSSR count). The Hall–Kier alpha value is -0.0800. The van der Waals surface area contributed by atoms with Gasteiger partial charge in [-0.05, 0) is 50.5 Å². The van der Waals surface area contributed by atoms with Crippen LogP contribution in [-0.4, -0.2) is 25.3 Å².